The Morgan fingerprint density at radius 1 is 1.70 bits per heavy atom. The van der Waals surface area contributed by atoms with Gasteiger partial charge >= 0.3 is 0 Å². The van der Waals surface area contributed by atoms with Crippen molar-refractivity contribution in [1.29, 1.82) is 0 Å². The van der Waals surface area contributed by atoms with Crippen LogP contribution in [-0.4, -0.2) is 36.7 Å². The first kappa shape index (κ1) is 7.88. The Hall–Kier alpha value is -0.220. The van der Waals surface area contributed by atoms with Crippen LogP contribution in [0, 0.1) is 0 Å². The molecule has 4 heteroatoms. The molecule has 0 radical (unpaired) electrons. The van der Waals surface area contributed by atoms with E-state index in [1.54, 1.807) is 18.9 Å². The Morgan fingerprint density at radius 2 is 2.50 bits per heavy atom. The van der Waals surface area contributed by atoms with Crippen molar-refractivity contribution in [3.8, 4) is 0 Å². The van der Waals surface area contributed by atoms with Gasteiger partial charge in [-0.15, -0.1) is 0 Å². The van der Waals surface area contributed by atoms with Crippen LogP contribution in [0.2, 0.25) is 0 Å². The molecule has 0 unspecified atom stereocenters. The van der Waals surface area contributed by atoms with Gasteiger partial charge in [-0.05, 0) is 12.7 Å². The van der Waals surface area contributed by atoms with Gasteiger partial charge in [-0.3, -0.25) is 9.83 Å². The fraction of sp³-hybridized carbons (Fsp3) is 0.833. The molecule has 58 valence electrons. The molecule has 1 rings (SSSR count). The first-order valence-corrected chi connectivity index (χ1v) is 4.51. The smallest absolute Gasteiger partial charge is 0.183 e. The molecule has 1 aliphatic heterocycles. The zero-order valence-corrected chi connectivity index (χ0v) is 7.15. The molecule has 0 spiro atoms. The molecule has 0 aromatic heterocycles. The lowest BCUT2D eigenvalue weighted by Gasteiger charge is -2.24. The lowest BCUT2D eigenvalue weighted by molar-refractivity contribution is -0.0648. The van der Waals surface area contributed by atoms with Crippen LogP contribution in [0.25, 0.3) is 0 Å². The Labute approximate surface area is 65.4 Å². The molecule has 0 N–H and O–H groups in total. The quantitative estimate of drug-likeness (QED) is 0.571. The number of thioether (sulfide) groups is 1. The first-order chi connectivity index (χ1) is 4.88. The number of aliphatic imine (C=N–C) groups is 1. The third kappa shape index (κ3) is 1.64. The average molecular weight is 160 g/mol. The van der Waals surface area contributed by atoms with Crippen LogP contribution >= 0.6 is 11.8 Å². The van der Waals surface area contributed by atoms with Gasteiger partial charge in [0.25, 0.3) is 0 Å². The largest absolute Gasteiger partial charge is 0.275 e. The minimum atomic E-state index is 0.941. The lowest BCUT2D eigenvalue weighted by atomic mass is 10.4. The van der Waals surface area contributed by atoms with E-state index in [2.05, 4.69) is 4.99 Å². The van der Waals surface area contributed by atoms with E-state index in [1.807, 2.05) is 11.3 Å². The van der Waals surface area contributed by atoms with Gasteiger partial charge in [0, 0.05) is 13.1 Å². The molecule has 1 heterocycles. The van der Waals surface area contributed by atoms with E-state index in [-0.39, 0.29) is 0 Å². The summed E-state index contributed by atoms with van der Waals surface area (Å²) in [6, 6.07) is 0. The minimum absolute atomic E-state index is 0.941. The van der Waals surface area contributed by atoms with Crippen molar-refractivity contribution in [2.45, 2.75) is 6.42 Å². The van der Waals surface area contributed by atoms with Gasteiger partial charge in [-0.2, -0.15) is 0 Å². The highest BCUT2D eigenvalue weighted by Crippen LogP contribution is 2.10. The van der Waals surface area contributed by atoms with Gasteiger partial charge in [0.05, 0.1) is 7.11 Å². The third-order valence-electron chi connectivity index (χ3n) is 1.38. The molecular weight excluding hydrogens is 148 g/mol. The summed E-state index contributed by atoms with van der Waals surface area (Å²) < 4.78 is 0. The number of hydrogen-bond acceptors (Lipinski definition) is 4. The third-order valence-corrected chi connectivity index (χ3v) is 2.08. The normalized spacial score (nSPS) is 19.0. The van der Waals surface area contributed by atoms with Crippen LogP contribution in [0.3, 0.4) is 0 Å². The van der Waals surface area contributed by atoms with Gasteiger partial charge in [-0.25, -0.2) is 5.06 Å². The maximum atomic E-state index is 5.08. The molecule has 0 amide bonds. The Bertz CT molecular complexity index is 138. The maximum absolute atomic E-state index is 5.08. The predicted molar refractivity (Wildman–Crippen MR) is 44.1 cm³/mol. The van der Waals surface area contributed by atoms with Crippen LogP contribution in [-0.2, 0) is 4.84 Å². The highest BCUT2D eigenvalue weighted by molar-refractivity contribution is 8.13. The molecule has 0 bridgehead atoms. The molecular formula is C6H12N2OS. The van der Waals surface area contributed by atoms with Gasteiger partial charge < -0.3 is 0 Å². The number of amidine groups is 1. The van der Waals surface area contributed by atoms with Gasteiger partial charge in [0.15, 0.2) is 5.17 Å². The number of hydroxylamine groups is 2. The Morgan fingerprint density at radius 3 is 3.00 bits per heavy atom. The molecule has 0 fully saturated rings. The van der Waals surface area contributed by atoms with Crippen LogP contribution < -0.4 is 0 Å². The second-order valence-electron chi connectivity index (χ2n) is 2.01. The lowest BCUT2D eigenvalue weighted by Crippen LogP contribution is -2.32. The zero-order valence-electron chi connectivity index (χ0n) is 6.33. The van der Waals surface area contributed by atoms with Gasteiger partial charge in [0.2, 0.25) is 0 Å². The van der Waals surface area contributed by atoms with Crippen molar-refractivity contribution in [2.24, 2.45) is 4.99 Å². The number of nitrogens with zero attached hydrogens (tertiary/aromatic N) is 2. The Balaban J connectivity index is 2.53. The summed E-state index contributed by atoms with van der Waals surface area (Å²) in [6.07, 6.45) is 3.11. The van der Waals surface area contributed by atoms with Crippen LogP contribution in [0.15, 0.2) is 4.99 Å². The maximum Gasteiger partial charge on any atom is 0.183 e. The standard InChI is InChI=1S/C6H12N2OS/c1-9-8-5-3-4-7-6(8)10-2/h3-5H2,1-2H3. The first-order valence-electron chi connectivity index (χ1n) is 3.28. The summed E-state index contributed by atoms with van der Waals surface area (Å²) in [5.74, 6) is 0. The van der Waals surface area contributed by atoms with Crippen molar-refractivity contribution < 1.29 is 4.84 Å². The monoisotopic (exact) mass is 160 g/mol. The summed E-state index contributed by atoms with van der Waals surface area (Å²) >= 11 is 1.63. The molecule has 3 nitrogen and oxygen atoms in total. The van der Waals surface area contributed by atoms with E-state index in [0.29, 0.717) is 0 Å². The molecule has 0 aromatic rings. The predicted octanol–water partition coefficient (Wildman–Crippen LogP) is 0.972. The SMILES string of the molecule is CON1CCCN=C1SC. The van der Waals surface area contributed by atoms with E-state index >= 15 is 0 Å². The highest BCUT2D eigenvalue weighted by Gasteiger charge is 2.12. The molecule has 0 aliphatic carbocycles. The molecule has 0 aromatic carbocycles. The second-order valence-corrected chi connectivity index (χ2v) is 2.78. The zero-order chi connectivity index (χ0) is 7.40. The Kier molecular flexibility index (Phi) is 3.02. The number of hydrogen-bond donors (Lipinski definition) is 0. The summed E-state index contributed by atoms with van der Waals surface area (Å²) in [7, 11) is 1.68. The van der Waals surface area contributed by atoms with E-state index in [0.717, 1.165) is 24.7 Å². The van der Waals surface area contributed by atoms with Crippen LogP contribution in [0.4, 0.5) is 0 Å². The summed E-state index contributed by atoms with van der Waals surface area (Å²) in [5, 5.41) is 2.82. The highest BCUT2D eigenvalue weighted by atomic mass is 32.2. The van der Waals surface area contributed by atoms with Crippen molar-refractivity contribution in [3.63, 3.8) is 0 Å². The molecule has 0 saturated heterocycles. The molecule has 10 heavy (non-hydrogen) atoms. The van der Waals surface area contributed by atoms with Gasteiger partial charge in [0.1, 0.15) is 0 Å². The number of rotatable bonds is 1. The fourth-order valence-corrected chi connectivity index (χ4v) is 1.49. The topological polar surface area (TPSA) is 24.8 Å². The average Bonchev–Trinajstić information content (AvgIpc) is 2.04. The van der Waals surface area contributed by atoms with E-state index < -0.39 is 0 Å². The van der Waals surface area contributed by atoms with Crippen LogP contribution in [0.1, 0.15) is 6.42 Å². The molecule has 0 atom stereocenters. The van der Waals surface area contributed by atoms with Crippen molar-refractivity contribution in [1.82, 2.24) is 5.06 Å². The summed E-state index contributed by atoms with van der Waals surface area (Å²) in [5.41, 5.74) is 0. The fourth-order valence-electron chi connectivity index (χ4n) is 0.899. The van der Waals surface area contributed by atoms with E-state index in [1.165, 1.54) is 0 Å². The summed E-state index contributed by atoms with van der Waals surface area (Å²) in [4.78, 5) is 9.36. The van der Waals surface area contributed by atoms with Crippen LogP contribution in [0.5, 0.6) is 0 Å². The molecule has 0 saturated carbocycles. The van der Waals surface area contributed by atoms with Crippen molar-refractivity contribution >= 4 is 16.9 Å². The van der Waals surface area contributed by atoms with E-state index in [4.69, 9.17) is 4.84 Å². The summed E-state index contributed by atoms with van der Waals surface area (Å²) in [6.45, 7) is 1.91. The van der Waals surface area contributed by atoms with Crippen molar-refractivity contribution in [3.05, 3.63) is 0 Å². The van der Waals surface area contributed by atoms with E-state index in [9.17, 15) is 0 Å². The minimum Gasteiger partial charge on any atom is -0.275 e. The second kappa shape index (κ2) is 3.83. The van der Waals surface area contributed by atoms with Crippen molar-refractivity contribution in [2.75, 3.05) is 26.5 Å². The molecule has 1 aliphatic rings. The van der Waals surface area contributed by atoms with Gasteiger partial charge in [-0.1, -0.05) is 11.8 Å².